The van der Waals surface area contributed by atoms with Gasteiger partial charge in [-0.05, 0) is 30.5 Å². The number of piperidine rings is 1. The van der Waals surface area contributed by atoms with Gasteiger partial charge in [0, 0.05) is 17.5 Å². The Morgan fingerprint density at radius 1 is 1.35 bits per heavy atom. The van der Waals surface area contributed by atoms with E-state index in [0.29, 0.717) is 12.0 Å². The van der Waals surface area contributed by atoms with Gasteiger partial charge in [0.15, 0.2) is 0 Å². The molecular weight excluding hydrogens is 220 g/mol. The maximum atomic E-state index is 13.4. The van der Waals surface area contributed by atoms with E-state index in [2.05, 4.69) is 11.9 Å². The molecule has 90 valence electrons. The van der Waals surface area contributed by atoms with Gasteiger partial charge in [-0.15, -0.1) is 0 Å². The van der Waals surface area contributed by atoms with Gasteiger partial charge in [0.1, 0.15) is 0 Å². The van der Waals surface area contributed by atoms with Gasteiger partial charge in [0.25, 0.3) is 5.92 Å². The summed E-state index contributed by atoms with van der Waals surface area (Å²) in [5, 5.41) is 3.35. The van der Waals surface area contributed by atoms with Crippen LogP contribution >= 0.6 is 0 Å². The molecule has 0 unspecified atom stereocenters. The van der Waals surface area contributed by atoms with Crippen molar-refractivity contribution >= 4 is 0 Å². The van der Waals surface area contributed by atoms with Crippen LogP contribution in [0.2, 0.25) is 0 Å². The maximum absolute atomic E-state index is 13.4. The number of hydrogen-bond acceptors (Lipinski definition) is 1. The first-order valence-electron chi connectivity index (χ1n) is 5.92. The van der Waals surface area contributed by atoms with E-state index in [-0.39, 0.29) is 11.0 Å². The lowest BCUT2D eigenvalue weighted by Gasteiger charge is -2.15. The topological polar surface area (TPSA) is 12.0 Å². The summed E-state index contributed by atoms with van der Waals surface area (Å²) in [6, 6.07) is 6.75. The standard InChI is InChI=1S/C14H15F2N/c1-2-14(15,16)11-5-3-10(4-6-11)13-7-12(13)8-17-9-13/h2-6,12,17H,1,7-9H2/t12-,13+/m0/s1. The molecule has 0 bridgehead atoms. The van der Waals surface area contributed by atoms with E-state index < -0.39 is 5.92 Å². The lowest BCUT2D eigenvalue weighted by Crippen LogP contribution is -2.19. The lowest BCUT2D eigenvalue weighted by atomic mass is 9.93. The van der Waals surface area contributed by atoms with Gasteiger partial charge in [-0.2, -0.15) is 8.78 Å². The SMILES string of the molecule is C=CC(F)(F)c1ccc([C@@]23CNC[C@@H]2C3)cc1. The van der Waals surface area contributed by atoms with E-state index in [1.807, 2.05) is 12.1 Å². The van der Waals surface area contributed by atoms with Crippen LogP contribution in [0.25, 0.3) is 0 Å². The predicted octanol–water partition coefficient (Wildman–Crippen LogP) is 2.83. The second-order valence-electron chi connectivity index (χ2n) is 5.09. The fraction of sp³-hybridized carbons (Fsp3) is 0.429. The van der Waals surface area contributed by atoms with Crippen molar-refractivity contribution in [2.75, 3.05) is 13.1 Å². The molecule has 1 aliphatic heterocycles. The smallest absolute Gasteiger partial charge is 0.291 e. The summed E-state index contributed by atoms with van der Waals surface area (Å²) in [5.41, 5.74) is 1.45. The van der Waals surface area contributed by atoms with E-state index in [1.54, 1.807) is 0 Å². The zero-order valence-corrected chi connectivity index (χ0v) is 9.55. The van der Waals surface area contributed by atoms with Crippen LogP contribution in [0.15, 0.2) is 36.9 Å². The van der Waals surface area contributed by atoms with Gasteiger partial charge < -0.3 is 5.32 Å². The predicted molar refractivity (Wildman–Crippen MR) is 63.2 cm³/mol. The maximum Gasteiger partial charge on any atom is 0.291 e. The fourth-order valence-corrected chi connectivity index (χ4v) is 2.93. The normalized spacial score (nSPS) is 31.1. The van der Waals surface area contributed by atoms with Crippen LogP contribution in [0.4, 0.5) is 8.78 Å². The molecule has 1 nitrogen and oxygen atoms in total. The molecule has 1 saturated carbocycles. The monoisotopic (exact) mass is 235 g/mol. The molecule has 0 radical (unpaired) electrons. The zero-order valence-electron chi connectivity index (χ0n) is 9.55. The van der Waals surface area contributed by atoms with Gasteiger partial charge in [-0.1, -0.05) is 30.8 Å². The Morgan fingerprint density at radius 2 is 2.06 bits per heavy atom. The van der Waals surface area contributed by atoms with Crippen molar-refractivity contribution in [2.45, 2.75) is 17.8 Å². The molecule has 0 spiro atoms. The minimum absolute atomic E-state index is 0.0239. The highest BCUT2D eigenvalue weighted by Gasteiger charge is 2.57. The summed E-state index contributed by atoms with van der Waals surface area (Å²) >= 11 is 0. The molecule has 2 atom stereocenters. The lowest BCUT2D eigenvalue weighted by molar-refractivity contribution is 0.0525. The van der Waals surface area contributed by atoms with Crippen LogP contribution in [0, 0.1) is 5.92 Å². The molecule has 2 aliphatic rings. The number of alkyl halides is 2. The average molecular weight is 235 g/mol. The van der Waals surface area contributed by atoms with Crippen molar-refractivity contribution in [1.82, 2.24) is 5.32 Å². The first-order chi connectivity index (χ1) is 8.08. The molecule has 0 amide bonds. The summed E-state index contributed by atoms with van der Waals surface area (Å²) in [6.45, 7) is 5.21. The number of nitrogens with one attached hydrogen (secondary N) is 1. The van der Waals surface area contributed by atoms with Crippen LogP contribution in [0.5, 0.6) is 0 Å². The largest absolute Gasteiger partial charge is 0.316 e. The van der Waals surface area contributed by atoms with E-state index in [1.165, 1.54) is 24.1 Å². The molecular formula is C14H15F2N. The van der Waals surface area contributed by atoms with Crippen molar-refractivity contribution < 1.29 is 8.78 Å². The highest BCUT2D eigenvalue weighted by atomic mass is 19.3. The van der Waals surface area contributed by atoms with Crippen LogP contribution < -0.4 is 5.32 Å². The Labute approximate surface area is 99.5 Å². The summed E-state index contributed by atoms with van der Waals surface area (Å²) in [7, 11) is 0. The van der Waals surface area contributed by atoms with Crippen LogP contribution in [-0.2, 0) is 11.3 Å². The Morgan fingerprint density at radius 3 is 2.53 bits per heavy atom. The van der Waals surface area contributed by atoms with E-state index in [0.717, 1.165) is 13.1 Å². The molecule has 1 heterocycles. The molecule has 2 fully saturated rings. The highest BCUT2D eigenvalue weighted by molar-refractivity contribution is 5.39. The first-order valence-corrected chi connectivity index (χ1v) is 5.92. The van der Waals surface area contributed by atoms with Crippen molar-refractivity contribution in [2.24, 2.45) is 5.92 Å². The first kappa shape index (κ1) is 10.9. The second-order valence-corrected chi connectivity index (χ2v) is 5.09. The third-order valence-electron chi connectivity index (χ3n) is 4.16. The van der Waals surface area contributed by atoms with Gasteiger partial charge in [-0.3, -0.25) is 0 Å². The number of rotatable bonds is 3. The molecule has 3 heteroatoms. The average Bonchev–Trinajstić information content (AvgIpc) is 2.92. The second kappa shape index (κ2) is 3.39. The zero-order chi connectivity index (χ0) is 12.1. The molecule has 3 rings (SSSR count). The van der Waals surface area contributed by atoms with Crippen molar-refractivity contribution in [1.29, 1.82) is 0 Å². The summed E-state index contributed by atoms with van der Waals surface area (Å²) < 4.78 is 26.7. The van der Waals surface area contributed by atoms with Crippen LogP contribution in [0.1, 0.15) is 17.5 Å². The van der Waals surface area contributed by atoms with Gasteiger partial charge in [-0.25, -0.2) is 0 Å². The van der Waals surface area contributed by atoms with Gasteiger partial charge >= 0.3 is 0 Å². The fourth-order valence-electron chi connectivity index (χ4n) is 2.93. The van der Waals surface area contributed by atoms with Crippen LogP contribution in [-0.4, -0.2) is 13.1 Å². The molecule has 1 aromatic rings. The molecule has 1 saturated heterocycles. The Balaban J connectivity index is 1.89. The van der Waals surface area contributed by atoms with Crippen molar-refractivity contribution in [3.8, 4) is 0 Å². The molecule has 1 aromatic carbocycles. The highest BCUT2D eigenvalue weighted by Crippen LogP contribution is 2.56. The van der Waals surface area contributed by atoms with Crippen molar-refractivity contribution in [3.05, 3.63) is 48.0 Å². The van der Waals surface area contributed by atoms with Crippen LogP contribution in [0.3, 0.4) is 0 Å². The summed E-state index contributed by atoms with van der Waals surface area (Å²) in [6.07, 6.45) is 1.88. The number of benzene rings is 1. The number of halogens is 2. The van der Waals surface area contributed by atoms with E-state index in [4.69, 9.17) is 0 Å². The molecule has 17 heavy (non-hydrogen) atoms. The number of hydrogen-bond donors (Lipinski definition) is 1. The number of allylic oxidation sites excluding steroid dienone is 1. The Bertz CT molecular complexity index is 452. The minimum atomic E-state index is -2.92. The summed E-state index contributed by atoms with van der Waals surface area (Å²) in [5.74, 6) is -2.22. The summed E-state index contributed by atoms with van der Waals surface area (Å²) in [4.78, 5) is 0. The Kier molecular flexibility index (Phi) is 2.17. The van der Waals surface area contributed by atoms with E-state index >= 15 is 0 Å². The minimum Gasteiger partial charge on any atom is -0.316 e. The molecule has 1 aliphatic carbocycles. The van der Waals surface area contributed by atoms with E-state index in [9.17, 15) is 8.78 Å². The quantitative estimate of drug-likeness (QED) is 0.794. The third kappa shape index (κ3) is 1.53. The molecule has 1 N–H and O–H groups in total. The Hall–Kier alpha value is -1.22. The van der Waals surface area contributed by atoms with Crippen molar-refractivity contribution in [3.63, 3.8) is 0 Å². The van der Waals surface area contributed by atoms with Gasteiger partial charge in [0.2, 0.25) is 0 Å². The van der Waals surface area contributed by atoms with Gasteiger partial charge in [0.05, 0.1) is 0 Å². The number of fused-ring (bicyclic) bond motifs is 1. The third-order valence-corrected chi connectivity index (χ3v) is 4.16. The molecule has 0 aromatic heterocycles.